The topological polar surface area (TPSA) is 41.6 Å². The third-order valence-corrected chi connectivity index (χ3v) is 3.44. The number of rotatable bonds is 5. The third-order valence-electron chi connectivity index (χ3n) is 3.44. The minimum Gasteiger partial charge on any atom is -0.377 e. The fraction of sp³-hybridized carbons (Fsp3) is 0.917. The molecule has 4 nitrogen and oxygen atoms in total. The van der Waals surface area contributed by atoms with Crippen LogP contribution in [-0.2, 0) is 9.53 Å². The molecule has 16 heavy (non-hydrogen) atoms. The zero-order valence-electron chi connectivity index (χ0n) is 10.5. The van der Waals surface area contributed by atoms with Gasteiger partial charge in [0.25, 0.3) is 0 Å². The molecule has 1 saturated heterocycles. The van der Waals surface area contributed by atoms with E-state index in [0.29, 0.717) is 12.6 Å². The highest BCUT2D eigenvalue weighted by Gasteiger charge is 2.37. The quantitative estimate of drug-likeness (QED) is 0.752. The highest BCUT2D eigenvalue weighted by atomic mass is 16.5. The van der Waals surface area contributed by atoms with Crippen LogP contribution in [-0.4, -0.2) is 48.7 Å². The maximum Gasteiger partial charge on any atom is 0.239 e. The second-order valence-corrected chi connectivity index (χ2v) is 5.51. The van der Waals surface area contributed by atoms with Gasteiger partial charge < -0.3 is 15.0 Å². The first-order valence-corrected chi connectivity index (χ1v) is 6.12. The summed E-state index contributed by atoms with van der Waals surface area (Å²) < 4.78 is 5.36. The van der Waals surface area contributed by atoms with Crippen LogP contribution in [0.1, 0.15) is 33.1 Å². The first-order chi connectivity index (χ1) is 7.52. The number of amides is 1. The molecule has 1 aliphatic heterocycles. The number of hydrogen-bond donors (Lipinski definition) is 1. The summed E-state index contributed by atoms with van der Waals surface area (Å²) in [6.45, 7) is 5.57. The van der Waals surface area contributed by atoms with Crippen LogP contribution < -0.4 is 5.32 Å². The largest absolute Gasteiger partial charge is 0.377 e. The summed E-state index contributed by atoms with van der Waals surface area (Å²) in [5.41, 5.74) is -0.246. The Bertz CT molecular complexity index is 274. The Morgan fingerprint density at radius 3 is 2.69 bits per heavy atom. The fourth-order valence-corrected chi connectivity index (χ4v) is 2.11. The summed E-state index contributed by atoms with van der Waals surface area (Å²) >= 11 is 0. The van der Waals surface area contributed by atoms with Crippen LogP contribution >= 0.6 is 0 Å². The van der Waals surface area contributed by atoms with Crippen molar-refractivity contribution in [3.05, 3.63) is 0 Å². The van der Waals surface area contributed by atoms with Gasteiger partial charge in [0.15, 0.2) is 0 Å². The molecule has 2 rings (SSSR count). The standard InChI is InChI=1S/C12H22N2O2/c1-12(2,16-3)8-14-7-6-10(11(14)15)13-9-4-5-9/h9-10,13H,4-8H2,1-3H3. The lowest BCUT2D eigenvalue weighted by Gasteiger charge is -2.29. The predicted octanol–water partition coefficient (Wildman–Crippen LogP) is 0.764. The highest BCUT2D eigenvalue weighted by molar-refractivity contribution is 5.84. The van der Waals surface area contributed by atoms with E-state index >= 15 is 0 Å². The van der Waals surface area contributed by atoms with Crippen molar-refractivity contribution >= 4 is 5.91 Å². The molecular formula is C12H22N2O2. The molecule has 1 saturated carbocycles. The molecule has 1 aliphatic carbocycles. The Hall–Kier alpha value is -0.610. The summed E-state index contributed by atoms with van der Waals surface area (Å²) in [7, 11) is 1.69. The van der Waals surface area contributed by atoms with Crippen LogP contribution in [0.25, 0.3) is 0 Å². The molecule has 0 aromatic rings. The van der Waals surface area contributed by atoms with Crippen LogP contribution in [0, 0.1) is 0 Å². The van der Waals surface area contributed by atoms with Gasteiger partial charge in [0, 0.05) is 26.2 Å². The van der Waals surface area contributed by atoms with Crippen LogP contribution in [0.5, 0.6) is 0 Å². The summed E-state index contributed by atoms with van der Waals surface area (Å²) in [5.74, 6) is 0.247. The van der Waals surface area contributed by atoms with Gasteiger partial charge in [-0.05, 0) is 33.1 Å². The number of carbonyl (C=O) groups is 1. The van der Waals surface area contributed by atoms with Crippen molar-refractivity contribution in [2.75, 3.05) is 20.2 Å². The lowest BCUT2D eigenvalue weighted by molar-refractivity contribution is -0.132. The molecule has 1 atom stereocenters. The number of hydrogen-bond acceptors (Lipinski definition) is 3. The summed E-state index contributed by atoms with van der Waals surface area (Å²) in [4.78, 5) is 14.0. The summed E-state index contributed by atoms with van der Waals surface area (Å²) in [6.07, 6.45) is 3.40. The molecule has 4 heteroatoms. The van der Waals surface area contributed by atoms with Gasteiger partial charge in [-0.15, -0.1) is 0 Å². The maximum atomic E-state index is 12.1. The van der Waals surface area contributed by atoms with Gasteiger partial charge in [-0.2, -0.15) is 0 Å². The minimum absolute atomic E-state index is 0.0557. The molecule has 1 amide bonds. The molecule has 0 spiro atoms. The number of nitrogens with zero attached hydrogens (tertiary/aromatic N) is 1. The molecule has 0 aromatic carbocycles. The zero-order chi connectivity index (χ0) is 11.8. The molecule has 0 radical (unpaired) electrons. The van der Waals surface area contributed by atoms with Gasteiger partial charge in [-0.25, -0.2) is 0 Å². The van der Waals surface area contributed by atoms with E-state index in [9.17, 15) is 4.79 Å². The van der Waals surface area contributed by atoms with Crippen molar-refractivity contribution in [2.45, 2.75) is 50.8 Å². The van der Waals surface area contributed by atoms with Crippen molar-refractivity contribution in [3.63, 3.8) is 0 Å². The van der Waals surface area contributed by atoms with Gasteiger partial charge in [-0.1, -0.05) is 0 Å². The van der Waals surface area contributed by atoms with Gasteiger partial charge in [-0.3, -0.25) is 4.79 Å². The van der Waals surface area contributed by atoms with Crippen LogP contribution in [0.4, 0.5) is 0 Å². The van der Waals surface area contributed by atoms with Crippen molar-refractivity contribution in [3.8, 4) is 0 Å². The number of likely N-dealkylation sites (tertiary alicyclic amines) is 1. The van der Waals surface area contributed by atoms with Crippen LogP contribution in [0.2, 0.25) is 0 Å². The minimum atomic E-state index is -0.246. The Kier molecular flexibility index (Phi) is 3.22. The van der Waals surface area contributed by atoms with Gasteiger partial charge in [0.2, 0.25) is 5.91 Å². The molecule has 1 heterocycles. The number of ether oxygens (including phenoxy) is 1. The number of nitrogens with one attached hydrogen (secondary N) is 1. The number of carbonyl (C=O) groups excluding carboxylic acids is 1. The first-order valence-electron chi connectivity index (χ1n) is 6.12. The Labute approximate surface area is 97.3 Å². The molecule has 1 unspecified atom stereocenters. The van der Waals surface area contributed by atoms with Crippen molar-refractivity contribution in [1.82, 2.24) is 10.2 Å². The van der Waals surface area contributed by atoms with Gasteiger partial charge >= 0.3 is 0 Å². The average molecular weight is 226 g/mol. The summed E-state index contributed by atoms with van der Waals surface area (Å²) in [5, 5.41) is 3.40. The second-order valence-electron chi connectivity index (χ2n) is 5.51. The van der Waals surface area contributed by atoms with E-state index in [1.165, 1.54) is 12.8 Å². The normalized spacial score (nSPS) is 26.6. The van der Waals surface area contributed by atoms with Crippen LogP contribution in [0.3, 0.4) is 0 Å². The van der Waals surface area contributed by atoms with Crippen molar-refractivity contribution in [1.29, 1.82) is 0 Å². The Morgan fingerprint density at radius 1 is 1.44 bits per heavy atom. The molecule has 2 fully saturated rings. The average Bonchev–Trinajstić information content (AvgIpc) is 2.99. The molecule has 92 valence electrons. The Morgan fingerprint density at radius 2 is 2.12 bits per heavy atom. The first kappa shape index (κ1) is 11.9. The van der Waals surface area contributed by atoms with Crippen molar-refractivity contribution in [2.24, 2.45) is 0 Å². The number of methoxy groups -OCH3 is 1. The third kappa shape index (κ3) is 2.74. The molecule has 0 bridgehead atoms. The van der Waals surface area contributed by atoms with E-state index in [1.54, 1.807) is 7.11 Å². The molecule has 0 aromatic heterocycles. The zero-order valence-corrected chi connectivity index (χ0v) is 10.5. The van der Waals surface area contributed by atoms with Crippen molar-refractivity contribution < 1.29 is 9.53 Å². The second kappa shape index (κ2) is 4.34. The molecule has 1 N–H and O–H groups in total. The Balaban J connectivity index is 1.85. The van der Waals surface area contributed by atoms with E-state index in [0.717, 1.165) is 13.0 Å². The van der Waals surface area contributed by atoms with Gasteiger partial charge in [0.05, 0.1) is 11.6 Å². The lowest BCUT2D eigenvalue weighted by atomic mass is 10.1. The maximum absolute atomic E-state index is 12.1. The van der Waals surface area contributed by atoms with Gasteiger partial charge in [0.1, 0.15) is 0 Å². The highest BCUT2D eigenvalue weighted by Crippen LogP contribution is 2.23. The lowest BCUT2D eigenvalue weighted by Crippen LogP contribution is -2.45. The fourth-order valence-electron chi connectivity index (χ4n) is 2.11. The van der Waals surface area contributed by atoms with E-state index < -0.39 is 0 Å². The predicted molar refractivity (Wildman–Crippen MR) is 62.2 cm³/mol. The van der Waals surface area contributed by atoms with E-state index in [2.05, 4.69) is 5.32 Å². The smallest absolute Gasteiger partial charge is 0.239 e. The van der Waals surface area contributed by atoms with E-state index in [1.807, 2.05) is 18.7 Å². The van der Waals surface area contributed by atoms with E-state index in [4.69, 9.17) is 4.74 Å². The molecule has 2 aliphatic rings. The molecular weight excluding hydrogens is 204 g/mol. The van der Waals surface area contributed by atoms with E-state index in [-0.39, 0.29) is 17.6 Å². The monoisotopic (exact) mass is 226 g/mol. The van der Waals surface area contributed by atoms with Crippen LogP contribution in [0.15, 0.2) is 0 Å². The summed E-state index contributed by atoms with van der Waals surface area (Å²) in [6, 6.07) is 0.657. The SMILES string of the molecule is COC(C)(C)CN1CCC(NC2CC2)C1=O.